The summed E-state index contributed by atoms with van der Waals surface area (Å²) in [5, 5.41) is 8.96. The molecule has 0 unspecified atom stereocenters. The monoisotopic (exact) mass is 246 g/mol. The molecule has 0 saturated carbocycles. The molecule has 0 radical (unpaired) electrons. The molecule has 0 bridgehead atoms. The van der Waals surface area contributed by atoms with Crippen LogP contribution in [0.5, 0.6) is 5.75 Å². The third-order valence-corrected chi connectivity index (χ3v) is 2.31. The molecule has 18 heavy (non-hydrogen) atoms. The van der Waals surface area contributed by atoms with Crippen LogP contribution in [0.3, 0.4) is 0 Å². The Morgan fingerprint density at radius 2 is 2.17 bits per heavy atom. The molecule has 4 N–H and O–H groups in total. The van der Waals surface area contributed by atoms with Crippen LogP contribution in [0.25, 0.3) is 0 Å². The van der Waals surface area contributed by atoms with Gasteiger partial charge in [-0.15, -0.1) is 0 Å². The van der Waals surface area contributed by atoms with E-state index in [9.17, 15) is 4.79 Å². The SMILES string of the molecule is NCc1ccc(OCC(=O)Nc2cn[nH]c2)cc1. The smallest absolute Gasteiger partial charge is 0.262 e. The van der Waals surface area contributed by atoms with Gasteiger partial charge in [0.05, 0.1) is 11.9 Å². The van der Waals surface area contributed by atoms with Crippen molar-refractivity contribution in [3.63, 3.8) is 0 Å². The molecule has 1 amide bonds. The van der Waals surface area contributed by atoms with Crippen molar-refractivity contribution >= 4 is 11.6 Å². The lowest BCUT2D eigenvalue weighted by molar-refractivity contribution is -0.118. The maximum Gasteiger partial charge on any atom is 0.262 e. The average Bonchev–Trinajstić information content (AvgIpc) is 2.90. The predicted octanol–water partition coefficient (Wildman–Crippen LogP) is 0.886. The number of H-pyrrole nitrogens is 1. The van der Waals surface area contributed by atoms with Gasteiger partial charge in [0.25, 0.3) is 5.91 Å². The lowest BCUT2D eigenvalue weighted by atomic mass is 10.2. The quantitative estimate of drug-likeness (QED) is 0.730. The summed E-state index contributed by atoms with van der Waals surface area (Å²) in [6, 6.07) is 7.30. The van der Waals surface area contributed by atoms with E-state index in [0.717, 1.165) is 5.56 Å². The van der Waals surface area contributed by atoms with E-state index < -0.39 is 0 Å². The second-order valence-corrected chi connectivity index (χ2v) is 3.67. The van der Waals surface area contributed by atoms with Crippen molar-refractivity contribution < 1.29 is 9.53 Å². The molecule has 0 aliphatic carbocycles. The van der Waals surface area contributed by atoms with Crippen LogP contribution in [0.15, 0.2) is 36.7 Å². The molecule has 0 aliphatic heterocycles. The summed E-state index contributed by atoms with van der Waals surface area (Å²) in [6.07, 6.45) is 3.11. The number of aromatic nitrogens is 2. The van der Waals surface area contributed by atoms with Crippen molar-refractivity contribution in [1.82, 2.24) is 10.2 Å². The standard InChI is InChI=1S/C12H14N4O2/c13-5-9-1-3-11(4-2-9)18-8-12(17)16-10-6-14-15-7-10/h1-4,6-7H,5,8,13H2,(H,14,15)(H,16,17). The average molecular weight is 246 g/mol. The summed E-state index contributed by atoms with van der Waals surface area (Å²) in [4.78, 5) is 11.5. The zero-order valence-corrected chi connectivity index (χ0v) is 9.72. The number of carbonyl (C=O) groups excluding carboxylic acids is 1. The van der Waals surface area contributed by atoms with Crippen LogP contribution in [0, 0.1) is 0 Å². The number of nitrogens with zero attached hydrogens (tertiary/aromatic N) is 1. The lowest BCUT2D eigenvalue weighted by Gasteiger charge is -2.06. The van der Waals surface area contributed by atoms with Gasteiger partial charge in [-0.1, -0.05) is 12.1 Å². The van der Waals surface area contributed by atoms with Gasteiger partial charge < -0.3 is 15.8 Å². The van der Waals surface area contributed by atoms with Gasteiger partial charge in [0.15, 0.2) is 6.61 Å². The number of hydrogen-bond donors (Lipinski definition) is 3. The van der Waals surface area contributed by atoms with Crippen LogP contribution < -0.4 is 15.8 Å². The zero-order chi connectivity index (χ0) is 12.8. The van der Waals surface area contributed by atoms with E-state index in [-0.39, 0.29) is 12.5 Å². The Bertz CT molecular complexity index is 493. The second-order valence-electron chi connectivity index (χ2n) is 3.67. The van der Waals surface area contributed by atoms with Gasteiger partial charge >= 0.3 is 0 Å². The third kappa shape index (κ3) is 3.33. The van der Waals surface area contributed by atoms with Gasteiger partial charge in [-0.25, -0.2) is 0 Å². The molecule has 6 nitrogen and oxygen atoms in total. The van der Waals surface area contributed by atoms with Crippen LogP contribution in [-0.4, -0.2) is 22.7 Å². The molecule has 2 rings (SSSR count). The van der Waals surface area contributed by atoms with Crippen LogP contribution in [0.1, 0.15) is 5.56 Å². The van der Waals surface area contributed by atoms with Gasteiger partial charge in [-0.2, -0.15) is 5.10 Å². The Balaban J connectivity index is 1.81. The summed E-state index contributed by atoms with van der Waals surface area (Å²) < 4.78 is 5.33. The Labute approximate surface area is 104 Å². The number of nitrogens with two attached hydrogens (primary N) is 1. The first-order valence-electron chi connectivity index (χ1n) is 5.48. The molecule has 1 aromatic carbocycles. The van der Waals surface area contributed by atoms with E-state index in [0.29, 0.717) is 18.0 Å². The molecular weight excluding hydrogens is 232 g/mol. The molecule has 0 saturated heterocycles. The number of rotatable bonds is 5. The van der Waals surface area contributed by atoms with E-state index in [4.69, 9.17) is 10.5 Å². The molecule has 0 fully saturated rings. The molecule has 1 aromatic heterocycles. The molecule has 0 atom stereocenters. The number of anilines is 1. The van der Waals surface area contributed by atoms with Crippen molar-refractivity contribution in [2.45, 2.75) is 6.54 Å². The molecule has 2 aromatic rings. The van der Waals surface area contributed by atoms with Crippen LogP contribution in [-0.2, 0) is 11.3 Å². The highest BCUT2D eigenvalue weighted by molar-refractivity contribution is 5.91. The van der Waals surface area contributed by atoms with Gasteiger partial charge in [-0.05, 0) is 17.7 Å². The van der Waals surface area contributed by atoms with Crippen LogP contribution >= 0.6 is 0 Å². The minimum Gasteiger partial charge on any atom is -0.484 e. The fraction of sp³-hybridized carbons (Fsp3) is 0.167. The lowest BCUT2D eigenvalue weighted by Crippen LogP contribution is -2.19. The van der Waals surface area contributed by atoms with Gasteiger partial charge in [-0.3, -0.25) is 9.89 Å². The highest BCUT2D eigenvalue weighted by atomic mass is 16.5. The molecule has 0 aliphatic rings. The minimum atomic E-state index is -0.237. The van der Waals surface area contributed by atoms with Gasteiger partial charge in [0.1, 0.15) is 5.75 Å². The molecule has 6 heteroatoms. The first kappa shape index (κ1) is 12.1. The van der Waals surface area contributed by atoms with Crippen molar-refractivity contribution in [2.24, 2.45) is 5.73 Å². The van der Waals surface area contributed by atoms with E-state index in [1.165, 1.54) is 6.20 Å². The first-order chi connectivity index (χ1) is 8.78. The van der Waals surface area contributed by atoms with Crippen LogP contribution in [0.2, 0.25) is 0 Å². The van der Waals surface area contributed by atoms with E-state index in [1.54, 1.807) is 18.3 Å². The number of aromatic amines is 1. The van der Waals surface area contributed by atoms with Gasteiger partial charge in [0, 0.05) is 12.7 Å². The Morgan fingerprint density at radius 1 is 1.39 bits per heavy atom. The summed E-state index contributed by atoms with van der Waals surface area (Å²) >= 11 is 0. The Kier molecular flexibility index (Phi) is 3.93. The summed E-state index contributed by atoms with van der Waals surface area (Å²) in [6.45, 7) is 0.439. The Hall–Kier alpha value is -2.34. The van der Waals surface area contributed by atoms with E-state index >= 15 is 0 Å². The van der Waals surface area contributed by atoms with Crippen molar-refractivity contribution in [2.75, 3.05) is 11.9 Å². The summed E-state index contributed by atoms with van der Waals surface area (Å²) in [5.74, 6) is 0.397. The summed E-state index contributed by atoms with van der Waals surface area (Å²) in [7, 11) is 0. The fourth-order valence-corrected chi connectivity index (χ4v) is 1.39. The largest absolute Gasteiger partial charge is 0.484 e. The topological polar surface area (TPSA) is 93.0 Å². The number of benzene rings is 1. The molecule has 94 valence electrons. The van der Waals surface area contributed by atoms with E-state index in [2.05, 4.69) is 15.5 Å². The number of ether oxygens (including phenoxy) is 1. The summed E-state index contributed by atoms with van der Waals surface area (Å²) in [5.41, 5.74) is 7.12. The Morgan fingerprint density at radius 3 is 2.78 bits per heavy atom. The fourth-order valence-electron chi connectivity index (χ4n) is 1.39. The molecule has 0 spiro atoms. The maximum absolute atomic E-state index is 11.5. The maximum atomic E-state index is 11.5. The third-order valence-electron chi connectivity index (χ3n) is 2.31. The van der Waals surface area contributed by atoms with Crippen molar-refractivity contribution in [3.8, 4) is 5.75 Å². The normalized spacial score (nSPS) is 10.1. The highest BCUT2D eigenvalue weighted by Crippen LogP contribution is 2.11. The highest BCUT2D eigenvalue weighted by Gasteiger charge is 2.04. The number of amides is 1. The second kappa shape index (κ2) is 5.83. The van der Waals surface area contributed by atoms with Gasteiger partial charge in [0.2, 0.25) is 0 Å². The van der Waals surface area contributed by atoms with Crippen molar-refractivity contribution in [1.29, 1.82) is 0 Å². The zero-order valence-electron chi connectivity index (χ0n) is 9.72. The number of carbonyl (C=O) groups is 1. The predicted molar refractivity (Wildman–Crippen MR) is 67.0 cm³/mol. The number of nitrogens with one attached hydrogen (secondary N) is 2. The number of hydrogen-bond acceptors (Lipinski definition) is 4. The molecule has 1 heterocycles. The minimum absolute atomic E-state index is 0.0485. The van der Waals surface area contributed by atoms with E-state index in [1.807, 2.05) is 12.1 Å². The first-order valence-corrected chi connectivity index (χ1v) is 5.48. The molecular formula is C12H14N4O2. The van der Waals surface area contributed by atoms with Crippen molar-refractivity contribution in [3.05, 3.63) is 42.2 Å². The van der Waals surface area contributed by atoms with Crippen LogP contribution in [0.4, 0.5) is 5.69 Å².